The van der Waals surface area contributed by atoms with Crippen molar-refractivity contribution >= 4 is 39.8 Å². The molecule has 0 unspecified atom stereocenters. The number of hydrogen-bond donors (Lipinski definition) is 2. The fourth-order valence-corrected chi connectivity index (χ4v) is 4.34. The molecular formula is C25H18ClF3N6O2. The maximum atomic E-state index is 13.6. The van der Waals surface area contributed by atoms with E-state index in [0.29, 0.717) is 22.0 Å². The Morgan fingerprint density at radius 3 is 2.51 bits per heavy atom. The summed E-state index contributed by atoms with van der Waals surface area (Å²) in [5.74, 6) is -1.01. The molecule has 0 fully saturated rings. The van der Waals surface area contributed by atoms with Gasteiger partial charge in [0.05, 0.1) is 17.2 Å². The maximum absolute atomic E-state index is 13.6. The second-order valence-corrected chi connectivity index (χ2v) is 8.83. The van der Waals surface area contributed by atoms with Crippen LogP contribution in [0.2, 0.25) is 5.15 Å². The molecule has 0 aliphatic heterocycles. The number of pyridine rings is 2. The van der Waals surface area contributed by atoms with Crippen LogP contribution in [0.25, 0.3) is 27.9 Å². The van der Waals surface area contributed by atoms with E-state index in [-0.39, 0.29) is 28.0 Å². The highest BCUT2D eigenvalue weighted by molar-refractivity contribution is 6.29. The van der Waals surface area contributed by atoms with Gasteiger partial charge < -0.3 is 10.4 Å². The molecule has 4 aromatic heterocycles. The van der Waals surface area contributed by atoms with Gasteiger partial charge in [-0.2, -0.15) is 13.2 Å². The topological polar surface area (TPSA) is 105 Å². The minimum atomic E-state index is -4.65. The van der Waals surface area contributed by atoms with E-state index in [1.54, 1.807) is 25.1 Å². The molecule has 5 aromatic rings. The first-order valence-electron chi connectivity index (χ1n) is 11.0. The van der Waals surface area contributed by atoms with E-state index in [0.717, 1.165) is 11.8 Å². The molecular weight excluding hydrogens is 509 g/mol. The van der Waals surface area contributed by atoms with Crippen molar-refractivity contribution in [2.75, 3.05) is 5.32 Å². The van der Waals surface area contributed by atoms with Gasteiger partial charge >= 0.3 is 12.1 Å². The Morgan fingerprint density at radius 2 is 1.84 bits per heavy atom. The second-order valence-electron chi connectivity index (χ2n) is 8.44. The lowest BCUT2D eigenvalue weighted by Gasteiger charge is -2.20. The fourth-order valence-electron chi connectivity index (χ4n) is 4.19. The van der Waals surface area contributed by atoms with E-state index >= 15 is 0 Å². The van der Waals surface area contributed by atoms with Crippen molar-refractivity contribution in [3.05, 3.63) is 82.7 Å². The SMILES string of the molecule is Cc1cc([C@@H](C)Nc2ccc(Cl)nc2C(=O)O)c2nc(-c3ccncc3)n3cc(C(F)(F)F)nc3c2c1. The van der Waals surface area contributed by atoms with Crippen LogP contribution in [-0.2, 0) is 6.18 Å². The van der Waals surface area contributed by atoms with Crippen LogP contribution in [0.5, 0.6) is 0 Å². The van der Waals surface area contributed by atoms with Crippen molar-refractivity contribution in [1.29, 1.82) is 0 Å². The van der Waals surface area contributed by atoms with Gasteiger partial charge in [-0.3, -0.25) is 9.38 Å². The largest absolute Gasteiger partial charge is 0.476 e. The molecule has 0 bridgehead atoms. The Morgan fingerprint density at radius 1 is 1.11 bits per heavy atom. The molecule has 1 aromatic carbocycles. The third kappa shape index (κ3) is 4.53. The third-order valence-electron chi connectivity index (χ3n) is 5.81. The third-order valence-corrected chi connectivity index (χ3v) is 6.02. The van der Waals surface area contributed by atoms with Crippen molar-refractivity contribution in [1.82, 2.24) is 24.3 Å². The van der Waals surface area contributed by atoms with Gasteiger partial charge in [-0.1, -0.05) is 17.7 Å². The lowest BCUT2D eigenvalue weighted by atomic mass is 10.0. The van der Waals surface area contributed by atoms with E-state index in [4.69, 9.17) is 16.6 Å². The zero-order valence-electron chi connectivity index (χ0n) is 19.4. The number of aromatic nitrogens is 5. The summed E-state index contributed by atoms with van der Waals surface area (Å²) in [4.78, 5) is 28.3. The number of aryl methyl sites for hydroxylation is 1. The predicted octanol–water partition coefficient (Wildman–Crippen LogP) is 6.19. The first kappa shape index (κ1) is 24.4. The number of alkyl halides is 3. The molecule has 2 N–H and O–H groups in total. The summed E-state index contributed by atoms with van der Waals surface area (Å²) in [6.45, 7) is 3.60. The minimum Gasteiger partial charge on any atom is -0.476 e. The van der Waals surface area contributed by atoms with Gasteiger partial charge in [0, 0.05) is 35.1 Å². The Hall–Kier alpha value is -4.25. The Labute approximate surface area is 212 Å². The van der Waals surface area contributed by atoms with Gasteiger partial charge in [0.1, 0.15) is 16.6 Å². The maximum Gasteiger partial charge on any atom is 0.434 e. The number of hydrogen-bond acceptors (Lipinski definition) is 6. The van der Waals surface area contributed by atoms with Crippen molar-refractivity contribution in [3.63, 3.8) is 0 Å². The lowest BCUT2D eigenvalue weighted by molar-refractivity contribution is -0.140. The highest BCUT2D eigenvalue weighted by atomic mass is 35.5. The van der Waals surface area contributed by atoms with Crippen LogP contribution in [0, 0.1) is 6.92 Å². The van der Waals surface area contributed by atoms with Crippen molar-refractivity contribution < 1.29 is 23.1 Å². The molecule has 1 atom stereocenters. The van der Waals surface area contributed by atoms with Crippen molar-refractivity contribution in [2.24, 2.45) is 0 Å². The number of rotatable bonds is 5. The number of nitrogens with one attached hydrogen (secondary N) is 1. The smallest absolute Gasteiger partial charge is 0.434 e. The number of aromatic carboxylic acids is 1. The van der Waals surface area contributed by atoms with Gasteiger partial charge in [0.25, 0.3) is 0 Å². The van der Waals surface area contributed by atoms with Crippen LogP contribution >= 0.6 is 11.6 Å². The molecule has 188 valence electrons. The van der Waals surface area contributed by atoms with E-state index in [1.165, 1.54) is 28.9 Å². The van der Waals surface area contributed by atoms with E-state index in [1.807, 2.05) is 13.0 Å². The number of halogens is 4. The number of fused-ring (bicyclic) bond motifs is 3. The van der Waals surface area contributed by atoms with Crippen molar-refractivity contribution in [3.8, 4) is 11.4 Å². The average molecular weight is 527 g/mol. The standard InChI is InChI=1S/C25H18ClF3N6O2/c1-12-9-15(13(2)31-17-3-4-19(26)33-21(17)24(36)37)20-16(10-12)23-32-18(25(27,28)29)11-35(23)22(34-20)14-5-7-30-8-6-14/h3-11,13,31H,1-2H3,(H,36,37)/t13-/m1/s1. The molecule has 0 aliphatic rings. The highest BCUT2D eigenvalue weighted by Gasteiger charge is 2.35. The number of carbonyl (C=O) groups is 1. The summed E-state index contributed by atoms with van der Waals surface area (Å²) in [6, 6.07) is 9.32. The van der Waals surface area contributed by atoms with Crippen LogP contribution in [-0.4, -0.2) is 35.4 Å². The van der Waals surface area contributed by atoms with E-state index < -0.39 is 23.9 Å². The minimum absolute atomic E-state index is 0.0300. The molecule has 0 aliphatic carbocycles. The lowest BCUT2D eigenvalue weighted by Crippen LogP contribution is -2.13. The number of imidazole rings is 1. The Balaban J connectivity index is 1.75. The van der Waals surface area contributed by atoms with Crippen LogP contribution in [0.4, 0.5) is 18.9 Å². The molecule has 0 saturated heterocycles. The number of benzene rings is 1. The first-order valence-corrected chi connectivity index (χ1v) is 11.4. The van der Waals surface area contributed by atoms with Gasteiger partial charge in [-0.05, 0) is 49.7 Å². The molecule has 0 amide bonds. The van der Waals surface area contributed by atoms with Crippen molar-refractivity contribution in [2.45, 2.75) is 26.1 Å². The normalized spacial score (nSPS) is 12.7. The van der Waals surface area contributed by atoms with Gasteiger partial charge in [-0.15, -0.1) is 0 Å². The zero-order chi connectivity index (χ0) is 26.5. The number of nitrogens with zero attached hydrogens (tertiary/aromatic N) is 5. The Bertz CT molecular complexity index is 1670. The molecule has 5 rings (SSSR count). The summed E-state index contributed by atoms with van der Waals surface area (Å²) < 4.78 is 42.3. The van der Waals surface area contributed by atoms with Crippen LogP contribution < -0.4 is 5.32 Å². The summed E-state index contributed by atoms with van der Waals surface area (Å²) in [6.07, 6.45) is -0.671. The molecule has 0 spiro atoms. The molecule has 8 nitrogen and oxygen atoms in total. The number of anilines is 1. The zero-order valence-corrected chi connectivity index (χ0v) is 20.1. The van der Waals surface area contributed by atoms with E-state index in [2.05, 4.69) is 20.3 Å². The quantitative estimate of drug-likeness (QED) is 0.263. The monoisotopic (exact) mass is 526 g/mol. The first-order chi connectivity index (χ1) is 17.5. The summed E-state index contributed by atoms with van der Waals surface area (Å²) in [5.41, 5.74) is 1.40. The van der Waals surface area contributed by atoms with Gasteiger partial charge in [0.15, 0.2) is 11.4 Å². The number of carboxylic acid groups (broad SMARTS) is 1. The Kier molecular flexibility index (Phi) is 5.95. The van der Waals surface area contributed by atoms with Crippen LogP contribution in [0.1, 0.15) is 40.3 Å². The molecule has 4 heterocycles. The second kappa shape index (κ2) is 9.00. The van der Waals surface area contributed by atoms with Crippen LogP contribution in [0.3, 0.4) is 0 Å². The summed E-state index contributed by atoms with van der Waals surface area (Å²) in [7, 11) is 0. The highest BCUT2D eigenvalue weighted by Crippen LogP contribution is 2.35. The molecule has 0 radical (unpaired) electrons. The molecule has 12 heteroatoms. The van der Waals surface area contributed by atoms with E-state index in [9.17, 15) is 23.1 Å². The number of carboxylic acids is 1. The average Bonchev–Trinajstić information content (AvgIpc) is 3.31. The summed E-state index contributed by atoms with van der Waals surface area (Å²) >= 11 is 5.87. The molecule has 37 heavy (non-hydrogen) atoms. The summed E-state index contributed by atoms with van der Waals surface area (Å²) in [5, 5.41) is 13.1. The molecule has 0 saturated carbocycles. The van der Waals surface area contributed by atoms with Gasteiger partial charge in [-0.25, -0.2) is 19.7 Å². The van der Waals surface area contributed by atoms with Crippen LogP contribution in [0.15, 0.2) is 55.0 Å². The predicted molar refractivity (Wildman–Crippen MR) is 132 cm³/mol. The van der Waals surface area contributed by atoms with Gasteiger partial charge in [0.2, 0.25) is 0 Å². The fraction of sp³-hybridized carbons (Fsp3) is 0.160.